The van der Waals surface area contributed by atoms with Crippen LogP contribution in [0.3, 0.4) is 0 Å². The Morgan fingerprint density at radius 1 is 1.25 bits per heavy atom. The summed E-state index contributed by atoms with van der Waals surface area (Å²) in [6.07, 6.45) is 5.21. The van der Waals surface area contributed by atoms with Gasteiger partial charge in [0.1, 0.15) is 0 Å². The highest BCUT2D eigenvalue weighted by Gasteiger charge is 2.32. The summed E-state index contributed by atoms with van der Waals surface area (Å²) >= 11 is 0. The van der Waals surface area contributed by atoms with E-state index in [1.165, 1.54) is 25.7 Å². The molecule has 3 heteroatoms. The number of hydrazine groups is 1. The highest BCUT2D eigenvalue weighted by atomic mass is 16.5. The van der Waals surface area contributed by atoms with E-state index in [1.54, 1.807) is 7.11 Å². The Morgan fingerprint density at radius 2 is 1.81 bits per heavy atom. The molecule has 3 nitrogen and oxygen atoms in total. The van der Waals surface area contributed by atoms with Crippen LogP contribution in [0.5, 0.6) is 0 Å². The van der Waals surface area contributed by atoms with E-state index in [0.29, 0.717) is 17.4 Å². The topological polar surface area (TPSA) is 47.3 Å². The van der Waals surface area contributed by atoms with Crippen LogP contribution >= 0.6 is 0 Å². The van der Waals surface area contributed by atoms with Crippen LogP contribution in [0.2, 0.25) is 0 Å². The molecule has 0 aliphatic heterocycles. The van der Waals surface area contributed by atoms with Gasteiger partial charge in [0.2, 0.25) is 0 Å². The van der Waals surface area contributed by atoms with E-state index in [4.69, 9.17) is 10.6 Å². The van der Waals surface area contributed by atoms with E-state index in [2.05, 4.69) is 26.2 Å². The van der Waals surface area contributed by atoms with Gasteiger partial charge in [0.25, 0.3) is 0 Å². The number of hydrogen-bond donors (Lipinski definition) is 2. The molecule has 1 rings (SSSR count). The zero-order valence-corrected chi connectivity index (χ0v) is 11.3. The van der Waals surface area contributed by atoms with E-state index in [1.807, 2.05) is 0 Å². The summed E-state index contributed by atoms with van der Waals surface area (Å²) in [6, 6.07) is 0.325. The van der Waals surface area contributed by atoms with Crippen LogP contribution in [-0.2, 0) is 4.74 Å². The molecule has 1 aliphatic rings. The normalized spacial score (nSPS) is 29.1. The summed E-state index contributed by atoms with van der Waals surface area (Å²) in [7, 11) is 1.74. The summed E-state index contributed by atoms with van der Waals surface area (Å²) < 4.78 is 5.20. The lowest BCUT2D eigenvalue weighted by molar-refractivity contribution is 0.0924. The second-order valence-electron chi connectivity index (χ2n) is 6.21. The summed E-state index contributed by atoms with van der Waals surface area (Å²) in [4.78, 5) is 0. The number of nitrogens with two attached hydrogens (primary N) is 1. The maximum absolute atomic E-state index is 5.58. The molecular weight excluding hydrogens is 200 g/mol. The van der Waals surface area contributed by atoms with Gasteiger partial charge < -0.3 is 4.74 Å². The van der Waals surface area contributed by atoms with Crippen molar-refractivity contribution in [2.24, 2.45) is 23.1 Å². The SMILES string of the molecule is COCC(NN)C1CCC(C(C)(C)C)CC1. The highest BCUT2D eigenvalue weighted by Crippen LogP contribution is 2.40. The zero-order valence-electron chi connectivity index (χ0n) is 11.3. The lowest BCUT2D eigenvalue weighted by Gasteiger charge is -2.39. The van der Waals surface area contributed by atoms with Crippen molar-refractivity contribution >= 4 is 0 Å². The van der Waals surface area contributed by atoms with E-state index < -0.39 is 0 Å². The number of rotatable bonds is 4. The molecule has 0 amide bonds. The van der Waals surface area contributed by atoms with E-state index in [-0.39, 0.29) is 0 Å². The summed E-state index contributed by atoms with van der Waals surface area (Å²) in [5, 5.41) is 0. The monoisotopic (exact) mass is 228 g/mol. The molecule has 0 saturated heterocycles. The first-order valence-electron chi connectivity index (χ1n) is 6.44. The van der Waals surface area contributed by atoms with Crippen molar-refractivity contribution in [2.45, 2.75) is 52.5 Å². The van der Waals surface area contributed by atoms with Crippen molar-refractivity contribution in [2.75, 3.05) is 13.7 Å². The molecule has 0 aromatic carbocycles. The first-order chi connectivity index (χ1) is 7.49. The maximum Gasteiger partial charge on any atom is 0.0632 e. The number of ether oxygens (including phenoxy) is 1. The lowest BCUT2D eigenvalue weighted by Crippen LogP contribution is -2.45. The van der Waals surface area contributed by atoms with Gasteiger partial charge in [0.15, 0.2) is 0 Å². The predicted octanol–water partition coefficient (Wildman–Crippen LogP) is 2.32. The molecule has 1 atom stereocenters. The molecule has 1 unspecified atom stereocenters. The van der Waals surface area contributed by atoms with Crippen molar-refractivity contribution in [1.29, 1.82) is 0 Å². The molecule has 1 aliphatic carbocycles. The summed E-state index contributed by atoms with van der Waals surface area (Å²) in [5.41, 5.74) is 3.36. The van der Waals surface area contributed by atoms with E-state index in [9.17, 15) is 0 Å². The fourth-order valence-corrected chi connectivity index (χ4v) is 2.89. The van der Waals surface area contributed by atoms with E-state index in [0.717, 1.165) is 12.5 Å². The number of hydrogen-bond acceptors (Lipinski definition) is 3. The molecule has 0 radical (unpaired) electrons. The molecule has 1 saturated carbocycles. The Kier molecular flexibility index (Phi) is 5.22. The smallest absolute Gasteiger partial charge is 0.0632 e. The van der Waals surface area contributed by atoms with Crippen LogP contribution in [-0.4, -0.2) is 19.8 Å². The van der Waals surface area contributed by atoms with Crippen molar-refractivity contribution < 1.29 is 4.74 Å². The van der Waals surface area contributed by atoms with Crippen LogP contribution in [0.25, 0.3) is 0 Å². The van der Waals surface area contributed by atoms with Crippen LogP contribution in [0.4, 0.5) is 0 Å². The second kappa shape index (κ2) is 5.99. The van der Waals surface area contributed by atoms with Crippen molar-refractivity contribution in [1.82, 2.24) is 5.43 Å². The van der Waals surface area contributed by atoms with Crippen molar-refractivity contribution in [3.05, 3.63) is 0 Å². The van der Waals surface area contributed by atoms with Gasteiger partial charge in [0, 0.05) is 13.2 Å². The summed E-state index contributed by atoms with van der Waals surface area (Å²) in [5.74, 6) is 7.13. The average molecular weight is 228 g/mol. The minimum absolute atomic E-state index is 0.325. The largest absolute Gasteiger partial charge is 0.383 e. The van der Waals surface area contributed by atoms with Gasteiger partial charge in [-0.1, -0.05) is 20.8 Å². The molecule has 96 valence electrons. The minimum atomic E-state index is 0.325. The van der Waals surface area contributed by atoms with Gasteiger partial charge in [-0.25, -0.2) is 0 Å². The Balaban J connectivity index is 2.41. The molecule has 0 aromatic heterocycles. The molecule has 3 N–H and O–H groups in total. The quantitative estimate of drug-likeness (QED) is 0.573. The highest BCUT2D eigenvalue weighted by molar-refractivity contribution is 4.84. The summed E-state index contributed by atoms with van der Waals surface area (Å²) in [6.45, 7) is 7.78. The molecular formula is C13H28N2O. The standard InChI is InChI=1S/C13H28N2O/c1-13(2,3)11-7-5-10(6-8-11)12(15-14)9-16-4/h10-12,15H,5-9,14H2,1-4H3. The van der Waals surface area contributed by atoms with Crippen LogP contribution in [0.15, 0.2) is 0 Å². The van der Waals surface area contributed by atoms with Gasteiger partial charge in [-0.3, -0.25) is 11.3 Å². The van der Waals surface area contributed by atoms with Gasteiger partial charge in [0.05, 0.1) is 6.61 Å². The van der Waals surface area contributed by atoms with E-state index >= 15 is 0 Å². The Bertz CT molecular complexity index is 193. The van der Waals surface area contributed by atoms with Crippen LogP contribution in [0, 0.1) is 17.3 Å². The van der Waals surface area contributed by atoms with Crippen molar-refractivity contribution in [3.8, 4) is 0 Å². The zero-order chi connectivity index (χ0) is 12.2. The molecule has 0 aromatic rings. The number of methoxy groups -OCH3 is 1. The van der Waals surface area contributed by atoms with Gasteiger partial charge in [-0.2, -0.15) is 0 Å². The minimum Gasteiger partial charge on any atom is -0.383 e. The second-order valence-corrected chi connectivity index (χ2v) is 6.21. The fourth-order valence-electron chi connectivity index (χ4n) is 2.89. The Morgan fingerprint density at radius 3 is 2.19 bits per heavy atom. The average Bonchev–Trinajstić information content (AvgIpc) is 2.25. The molecule has 1 fully saturated rings. The maximum atomic E-state index is 5.58. The first-order valence-corrected chi connectivity index (χ1v) is 6.44. The molecule has 0 heterocycles. The van der Waals surface area contributed by atoms with Gasteiger partial charge >= 0.3 is 0 Å². The molecule has 0 spiro atoms. The number of nitrogens with one attached hydrogen (secondary N) is 1. The van der Waals surface area contributed by atoms with Crippen LogP contribution < -0.4 is 11.3 Å². The third-order valence-electron chi connectivity index (χ3n) is 4.13. The third kappa shape index (κ3) is 3.72. The third-order valence-corrected chi connectivity index (χ3v) is 4.13. The van der Waals surface area contributed by atoms with Crippen molar-refractivity contribution in [3.63, 3.8) is 0 Å². The van der Waals surface area contributed by atoms with Crippen LogP contribution in [0.1, 0.15) is 46.5 Å². The Hall–Kier alpha value is -0.120. The first kappa shape index (κ1) is 13.9. The predicted molar refractivity (Wildman–Crippen MR) is 67.9 cm³/mol. The van der Waals surface area contributed by atoms with Gasteiger partial charge in [-0.05, 0) is 42.9 Å². The lowest BCUT2D eigenvalue weighted by atomic mass is 9.68. The molecule has 16 heavy (non-hydrogen) atoms. The fraction of sp³-hybridized carbons (Fsp3) is 1.00. The Labute approximate surface area is 100 Å². The molecule has 0 bridgehead atoms. The van der Waals surface area contributed by atoms with Gasteiger partial charge in [-0.15, -0.1) is 0 Å².